The van der Waals surface area contributed by atoms with E-state index in [0.29, 0.717) is 11.6 Å². The Bertz CT molecular complexity index is 577. The van der Waals surface area contributed by atoms with E-state index in [0.717, 1.165) is 16.9 Å². The van der Waals surface area contributed by atoms with E-state index in [-0.39, 0.29) is 5.56 Å². The summed E-state index contributed by atoms with van der Waals surface area (Å²) in [6.07, 6.45) is 0.870. The molecular weight excluding hydrogens is 300 g/mol. The van der Waals surface area contributed by atoms with Crippen LogP contribution in [0.15, 0.2) is 23.6 Å². The molecule has 1 unspecified atom stereocenters. The predicted octanol–water partition coefficient (Wildman–Crippen LogP) is 5.08. The molecule has 0 aliphatic heterocycles. The summed E-state index contributed by atoms with van der Waals surface area (Å²) in [5.74, 6) is -1.11. The number of nitrogens with one attached hydrogen (secondary N) is 1. The van der Waals surface area contributed by atoms with Crippen LogP contribution in [0, 0.1) is 18.6 Å². The molecule has 1 N–H and O–H groups in total. The maximum atomic E-state index is 14.0. The van der Waals surface area contributed by atoms with Gasteiger partial charge in [0, 0.05) is 10.4 Å². The highest BCUT2D eigenvalue weighted by Gasteiger charge is 2.25. The van der Waals surface area contributed by atoms with Crippen molar-refractivity contribution in [3.63, 3.8) is 0 Å². The Labute approximate surface area is 126 Å². The van der Waals surface area contributed by atoms with E-state index in [1.54, 1.807) is 0 Å². The van der Waals surface area contributed by atoms with Crippen LogP contribution in [-0.2, 0) is 0 Å². The van der Waals surface area contributed by atoms with Crippen LogP contribution >= 0.6 is 22.9 Å². The molecule has 0 fully saturated rings. The lowest BCUT2D eigenvalue weighted by Gasteiger charge is -2.19. The summed E-state index contributed by atoms with van der Waals surface area (Å²) in [4.78, 5) is 0.751. The fourth-order valence-corrected chi connectivity index (χ4v) is 3.43. The van der Waals surface area contributed by atoms with E-state index in [1.807, 2.05) is 19.2 Å². The molecule has 0 aliphatic carbocycles. The Morgan fingerprint density at radius 3 is 2.45 bits per heavy atom. The summed E-state index contributed by atoms with van der Waals surface area (Å²) in [6, 6.07) is 3.36. The molecule has 2 rings (SSSR count). The predicted molar refractivity (Wildman–Crippen MR) is 80.6 cm³/mol. The Hall–Kier alpha value is -0.970. The molecule has 0 saturated heterocycles. The summed E-state index contributed by atoms with van der Waals surface area (Å²) in [6.45, 7) is 4.55. The van der Waals surface area contributed by atoms with Crippen molar-refractivity contribution in [3.05, 3.63) is 56.2 Å². The molecule has 0 bridgehead atoms. The minimum atomic E-state index is -0.555. The van der Waals surface area contributed by atoms with Gasteiger partial charge in [-0.2, -0.15) is 0 Å². The third kappa shape index (κ3) is 3.03. The average Bonchev–Trinajstić information content (AvgIpc) is 2.74. The molecule has 1 nitrogen and oxygen atoms in total. The second kappa shape index (κ2) is 6.66. The summed E-state index contributed by atoms with van der Waals surface area (Å²) < 4.78 is 28.1. The minimum Gasteiger partial charge on any atom is -0.305 e. The van der Waals surface area contributed by atoms with Gasteiger partial charge in [0.05, 0.1) is 11.1 Å². The van der Waals surface area contributed by atoms with Crippen molar-refractivity contribution in [3.8, 4) is 0 Å². The Balaban J connectivity index is 2.50. The van der Waals surface area contributed by atoms with Gasteiger partial charge in [0.1, 0.15) is 11.6 Å². The van der Waals surface area contributed by atoms with Gasteiger partial charge in [0.2, 0.25) is 0 Å². The highest BCUT2D eigenvalue weighted by atomic mass is 35.5. The third-order valence-corrected chi connectivity index (χ3v) is 4.85. The fourth-order valence-electron chi connectivity index (χ4n) is 2.05. The van der Waals surface area contributed by atoms with E-state index < -0.39 is 17.7 Å². The molecule has 1 atom stereocenters. The van der Waals surface area contributed by atoms with Crippen molar-refractivity contribution in [2.45, 2.75) is 26.3 Å². The van der Waals surface area contributed by atoms with Gasteiger partial charge in [-0.15, -0.1) is 11.3 Å². The number of thiophene rings is 1. The van der Waals surface area contributed by atoms with Gasteiger partial charge >= 0.3 is 0 Å². The number of rotatable bonds is 5. The van der Waals surface area contributed by atoms with Gasteiger partial charge in [-0.3, -0.25) is 0 Å². The van der Waals surface area contributed by atoms with Crippen molar-refractivity contribution in [2.24, 2.45) is 0 Å². The van der Waals surface area contributed by atoms with Gasteiger partial charge in [-0.1, -0.05) is 24.6 Å². The standard InChI is InChI=1S/C15H16ClF2NS/c1-3-7-19-14(15-13(16)9(2)8-20-15)12-10(17)5-4-6-11(12)18/h4-6,8,14,19H,3,7H2,1-2H3. The number of hydrogen-bond donors (Lipinski definition) is 1. The quantitative estimate of drug-likeness (QED) is 0.811. The zero-order valence-corrected chi connectivity index (χ0v) is 12.9. The summed E-state index contributed by atoms with van der Waals surface area (Å²) in [7, 11) is 0. The highest BCUT2D eigenvalue weighted by molar-refractivity contribution is 7.10. The van der Waals surface area contributed by atoms with Crippen molar-refractivity contribution in [2.75, 3.05) is 6.54 Å². The van der Waals surface area contributed by atoms with E-state index in [2.05, 4.69) is 5.32 Å². The van der Waals surface area contributed by atoms with Crippen LogP contribution in [0.1, 0.15) is 35.4 Å². The topological polar surface area (TPSA) is 12.0 Å². The van der Waals surface area contributed by atoms with E-state index in [4.69, 9.17) is 11.6 Å². The van der Waals surface area contributed by atoms with Gasteiger partial charge in [0.25, 0.3) is 0 Å². The van der Waals surface area contributed by atoms with Crippen molar-refractivity contribution in [1.29, 1.82) is 0 Å². The first-order valence-corrected chi connectivity index (χ1v) is 7.72. The largest absolute Gasteiger partial charge is 0.305 e. The van der Waals surface area contributed by atoms with Crippen LogP contribution in [0.25, 0.3) is 0 Å². The average molecular weight is 316 g/mol. The van der Waals surface area contributed by atoms with E-state index in [9.17, 15) is 8.78 Å². The monoisotopic (exact) mass is 315 g/mol. The van der Waals surface area contributed by atoms with Gasteiger partial charge in [-0.25, -0.2) is 8.78 Å². The Kier molecular flexibility index (Phi) is 5.13. The molecular formula is C15H16ClF2NS. The highest BCUT2D eigenvalue weighted by Crippen LogP contribution is 2.37. The van der Waals surface area contributed by atoms with Crippen molar-refractivity contribution >= 4 is 22.9 Å². The molecule has 0 radical (unpaired) electrons. The zero-order chi connectivity index (χ0) is 14.7. The molecule has 5 heteroatoms. The second-order valence-corrected chi connectivity index (χ2v) is 5.91. The molecule has 0 spiro atoms. The Morgan fingerprint density at radius 1 is 1.30 bits per heavy atom. The smallest absolute Gasteiger partial charge is 0.131 e. The van der Waals surface area contributed by atoms with Crippen LogP contribution in [0.2, 0.25) is 5.02 Å². The van der Waals surface area contributed by atoms with Gasteiger partial charge in [0.15, 0.2) is 0 Å². The summed E-state index contributed by atoms with van der Waals surface area (Å²) in [5.41, 5.74) is 0.955. The first kappa shape index (κ1) is 15.4. The SMILES string of the molecule is CCCNC(c1scc(C)c1Cl)c1c(F)cccc1F. The van der Waals surface area contributed by atoms with Crippen molar-refractivity contribution in [1.82, 2.24) is 5.32 Å². The molecule has 1 aromatic heterocycles. The second-order valence-electron chi connectivity index (χ2n) is 4.62. The first-order valence-electron chi connectivity index (χ1n) is 6.47. The van der Waals surface area contributed by atoms with Crippen molar-refractivity contribution < 1.29 is 8.78 Å². The summed E-state index contributed by atoms with van der Waals surface area (Å²) >= 11 is 7.68. The number of benzene rings is 1. The zero-order valence-electron chi connectivity index (χ0n) is 11.3. The lowest BCUT2D eigenvalue weighted by atomic mass is 10.0. The summed E-state index contributed by atoms with van der Waals surface area (Å²) in [5, 5.41) is 5.66. The lowest BCUT2D eigenvalue weighted by Crippen LogP contribution is -2.24. The third-order valence-electron chi connectivity index (χ3n) is 3.07. The van der Waals surface area contributed by atoms with Crippen LogP contribution in [0.4, 0.5) is 8.78 Å². The lowest BCUT2D eigenvalue weighted by molar-refractivity contribution is 0.506. The number of aryl methyl sites for hydroxylation is 1. The maximum Gasteiger partial charge on any atom is 0.131 e. The molecule has 1 aromatic carbocycles. The van der Waals surface area contributed by atoms with Gasteiger partial charge in [-0.05, 0) is 43.0 Å². The van der Waals surface area contributed by atoms with Crippen LogP contribution < -0.4 is 5.32 Å². The Morgan fingerprint density at radius 2 is 1.95 bits per heavy atom. The van der Waals surface area contributed by atoms with Crippen LogP contribution in [-0.4, -0.2) is 6.54 Å². The molecule has 1 heterocycles. The number of hydrogen-bond acceptors (Lipinski definition) is 2. The van der Waals surface area contributed by atoms with Gasteiger partial charge < -0.3 is 5.32 Å². The van der Waals surface area contributed by atoms with Crippen LogP contribution in [0.3, 0.4) is 0 Å². The minimum absolute atomic E-state index is 0.0321. The molecule has 108 valence electrons. The normalized spacial score (nSPS) is 12.7. The van der Waals surface area contributed by atoms with Crippen LogP contribution in [0.5, 0.6) is 0 Å². The molecule has 2 aromatic rings. The number of halogens is 3. The molecule has 0 saturated carbocycles. The van der Waals surface area contributed by atoms with E-state index in [1.165, 1.54) is 29.5 Å². The first-order chi connectivity index (χ1) is 9.56. The molecule has 0 amide bonds. The molecule has 20 heavy (non-hydrogen) atoms. The van der Waals surface area contributed by atoms with E-state index >= 15 is 0 Å². The fraction of sp³-hybridized carbons (Fsp3) is 0.333. The molecule has 0 aliphatic rings. The maximum absolute atomic E-state index is 14.0.